The second kappa shape index (κ2) is 5.78. The summed E-state index contributed by atoms with van der Waals surface area (Å²) in [6.45, 7) is 3.50. The Bertz CT molecular complexity index is 695. The Hall–Kier alpha value is -1.64. The van der Waals surface area contributed by atoms with E-state index in [-0.39, 0.29) is 6.04 Å². The van der Waals surface area contributed by atoms with Gasteiger partial charge in [0.15, 0.2) is 5.13 Å². The Labute approximate surface area is 122 Å². The average molecular weight is 312 g/mol. The number of hydrogen-bond donors (Lipinski definition) is 3. The van der Waals surface area contributed by atoms with Gasteiger partial charge in [0, 0.05) is 22.7 Å². The van der Waals surface area contributed by atoms with E-state index in [1.807, 2.05) is 12.1 Å². The molecule has 0 amide bonds. The number of nitrogens with one attached hydrogen (secondary N) is 2. The molecule has 0 unspecified atom stereocenters. The Morgan fingerprint density at radius 2 is 2.10 bits per heavy atom. The molecule has 108 valence electrons. The van der Waals surface area contributed by atoms with E-state index >= 15 is 0 Å². The Morgan fingerprint density at radius 3 is 2.75 bits per heavy atom. The number of rotatable bonds is 5. The third-order valence-electron chi connectivity index (χ3n) is 2.30. The van der Waals surface area contributed by atoms with Gasteiger partial charge in [-0.25, -0.2) is 9.71 Å². The zero-order valence-corrected chi connectivity index (χ0v) is 12.8. The maximum Gasteiger partial charge on any atom is 0.301 e. The molecule has 0 saturated heterocycles. The van der Waals surface area contributed by atoms with Crippen LogP contribution in [0.2, 0.25) is 0 Å². The van der Waals surface area contributed by atoms with Gasteiger partial charge in [0.2, 0.25) is 0 Å². The standard InChI is InChI=1S/C12H16N4O2S2/c1-8(2)15-20(17,18)16-12-14-11(7-19-12)9-4-3-5-10(13)6-9/h3-8,15H,13H2,1-2H3,(H,14,16). The van der Waals surface area contributed by atoms with Crippen LogP contribution in [0.1, 0.15) is 13.8 Å². The summed E-state index contributed by atoms with van der Waals surface area (Å²) in [6, 6.07) is 7.09. The third kappa shape index (κ3) is 3.92. The summed E-state index contributed by atoms with van der Waals surface area (Å²) in [7, 11) is -3.59. The molecule has 6 nitrogen and oxygen atoms in total. The van der Waals surface area contributed by atoms with Crippen molar-refractivity contribution in [1.82, 2.24) is 9.71 Å². The lowest BCUT2D eigenvalue weighted by atomic mass is 10.1. The van der Waals surface area contributed by atoms with Crippen LogP contribution in [0.25, 0.3) is 11.3 Å². The monoisotopic (exact) mass is 312 g/mol. The van der Waals surface area contributed by atoms with Crippen molar-refractivity contribution >= 4 is 32.4 Å². The zero-order chi connectivity index (χ0) is 14.8. The lowest BCUT2D eigenvalue weighted by Gasteiger charge is -2.09. The number of hydrogen-bond acceptors (Lipinski definition) is 5. The fourth-order valence-electron chi connectivity index (χ4n) is 1.61. The summed E-state index contributed by atoms with van der Waals surface area (Å²) in [5.41, 5.74) is 7.89. The summed E-state index contributed by atoms with van der Waals surface area (Å²) < 4.78 is 28.3. The van der Waals surface area contributed by atoms with Crippen LogP contribution in [0.3, 0.4) is 0 Å². The van der Waals surface area contributed by atoms with Gasteiger partial charge in [0.25, 0.3) is 0 Å². The van der Waals surface area contributed by atoms with Crippen molar-refractivity contribution in [3.8, 4) is 11.3 Å². The summed E-state index contributed by atoms with van der Waals surface area (Å²) in [4.78, 5) is 4.25. The number of nitrogens with zero attached hydrogens (tertiary/aromatic N) is 1. The van der Waals surface area contributed by atoms with Crippen molar-refractivity contribution in [3.63, 3.8) is 0 Å². The molecule has 0 saturated carbocycles. The minimum absolute atomic E-state index is 0.180. The number of benzene rings is 1. The highest BCUT2D eigenvalue weighted by Gasteiger charge is 2.14. The van der Waals surface area contributed by atoms with E-state index in [9.17, 15) is 8.42 Å². The van der Waals surface area contributed by atoms with E-state index in [0.717, 1.165) is 5.56 Å². The van der Waals surface area contributed by atoms with Gasteiger partial charge in [-0.1, -0.05) is 12.1 Å². The molecule has 0 fully saturated rings. The second-order valence-corrected chi connectivity index (χ2v) is 6.85. The fourth-order valence-corrected chi connectivity index (χ4v) is 3.65. The first kappa shape index (κ1) is 14.8. The van der Waals surface area contributed by atoms with Gasteiger partial charge in [-0.05, 0) is 26.0 Å². The van der Waals surface area contributed by atoms with Crippen LogP contribution in [0.15, 0.2) is 29.6 Å². The summed E-state index contributed by atoms with van der Waals surface area (Å²) in [5.74, 6) is 0. The number of nitrogen functional groups attached to an aromatic ring is 1. The molecule has 1 aromatic carbocycles. The van der Waals surface area contributed by atoms with Crippen molar-refractivity contribution in [2.24, 2.45) is 0 Å². The van der Waals surface area contributed by atoms with Crippen LogP contribution >= 0.6 is 11.3 Å². The van der Waals surface area contributed by atoms with Gasteiger partial charge in [-0.15, -0.1) is 11.3 Å². The van der Waals surface area contributed by atoms with Crippen LogP contribution in [0.5, 0.6) is 0 Å². The molecule has 0 aliphatic carbocycles. The first-order chi connectivity index (χ1) is 9.35. The predicted octanol–water partition coefficient (Wildman–Crippen LogP) is 2.05. The van der Waals surface area contributed by atoms with Gasteiger partial charge in [-0.3, -0.25) is 0 Å². The molecular formula is C12H16N4O2S2. The highest BCUT2D eigenvalue weighted by molar-refractivity contribution is 7.91. The highest BCUT2D eigenvalue weighted by atomic mass is 32.2. The van der Waals surface area contributed by atoms with E-state index in [0.29, 0.717) is 16.5 Å². The van der Waals surface area contributed by atoms with Crippen molar-refractivity contribution in [1.29, 1.82) is 0 Å². The molecule has 4 N–H and O–H groups in total. The van der Waals surface area contributed by atoms with Crippen LogP contribution in [-0.2, 0) is 10.2 Å². The largest absolute Gasteiger partial charge is 0.399 e. The molecule has 0 aliphatic heterocycles. The lowest BCUT2D eigenvalue weighted by molar-refractivity contribution is 0.575. The molecule has 0 bridgehead atoms. The number of thiazole rings is 1. The summed E-state index contributed by atoms with van der Waals surface area (Å²) in [5, 5.41) is 2.10. The minimum Gasteiger partial charge on any atom is -0.399 e. The molecule has 20 heavy (non-hydrogen) atoms. The smallest absolute Gasteiger partial charge is 0.301 e. The van der Waals surface area contributed by atoms with Gasteiger partial charge < -0.3 is 5.73 Å². The van der Waals surface area contributed by atoms with E-state index in [4.69, 9.17) is 5.73 Å². The molecule has 1 heterocycles. The molecule has 2 aromatic rings. The normalized spacial score (nSPS) is 11.8. The number of anilines is 2. The molecule has 0 radical (unpaired) electrons. The summed E-state index contributed by atoms with van der Waals surface area (Å²) in [6.07, 6.45) is 0. The van der Waals surface area contributed by atoms with Crippen molar-refractivity contribution in [2.45, 2.75) is 19.9 Å². The molecule has 0 spiro atoms. The fraction of sp³-hybridized carbons (Fsp3) is 0.250. The van der Waals surface area contributed by atoms with E-state index in [2.05, 4.69) is 14.4 Å². The molecule has 1 aromatic heterocycles. The van der Waals surface area contributed by atoms with Crippen LogP contribution in [0.4, 0.5) is 10.8 Å². The zero-order valence-electron chi connectivity index (χ0n) is 11.1. The maximum atomic E-state index is 11.7. The second-order valence-electron chi connectivity index (χ2n) is 4.54. The van der Waals surface area contributed by atoms with Gasteiger partial charge >= 0.3 is 10.2 Å². The molecule has 0 atom stereocenters. The first-order valence-electron chi connectivity index (χ1n) is 5.97. The van der Waals surface area contributed by atoms with Crippen LogP contribution in [-0.4, -0.2) is 19.4 Å². The maximum absolute atomic E-state index is 11.7. The van der Waals surface area contributed by atoms with Gasteiger partial charge in [0.05, 0.1) is 5.69 Å². The molecule has 2 rings (SSSR count). The molecule has 0 aliphatic rings. The number of nitrogens with two attached hydrogens (primary N) is 1. The van der Waals surface area contributed by atoms with Gasteiger partial charge in [-0.2, -0.15) is 13.1 Å². The van der Waals surface area contributed by atoms with Crippen molar-refractivity contribution in [2.75, 3.05) is 10.5 Å². The van der Waals surface area contributed by atoms with Gasteiger partial charge in [0.1, 0.15) is 0 Å². The minimum atomic E-state index is -3.59. The molecular weight excluding hydrogens is 296 g/mol. The SMILES string of the molecule is CC(C)NS(=O)(=O)Nc1nc(-c2cccc(N)c2)cs1. The van der Waals surface area contributed by atoms with Crippen molar-refractivity contribution < 1.29 is 8.42 Å². The third-order valence-corrected chi connectivity index (χ3v) is 4.43. The average Bonchev–Trinajstić information content (AvgIpc) is 2.74. The quantitative estimate of drug-likeness (QED) is 0.736. The Morgan fingerprint density at radius 1 is 1.35 bits per heavy atom. The Balaban J connectivity index is 2.18. The van der Waals surface area contributed by atoms with E-state index in [1.165, 1.54) is 11.3 Å². The number of aromatic nitrogens is 1. The van der Waals surface area contributed by atoms with Crippen molar-refractivity contribution in [3.05, 3.63) is 29.6 Å². The van der Waals surface area contributed by atoms with Crippen LogP contribution in [0, 0.1) is 0 Å². The predicted molar refractivity (Wildman–Crippen MR) is 82.8 cm³/mol. The summed E-state index contributed by atoms with van der Waals surface area (Å²) >= 11 is 1.22. The highest BCUT2D eigenvalue weighted by Crippen LogP contribution is 2.26. The first-order valence-corrected chi connectivity index (χ1v) is 8.33. The Kier molecular flexibility index (Phi) is 4.26. The topological polar surface area (TPSA) is 97.1 Å². The van der Waals surface area contributed by atoms with E-state index < -0.39 is 10.2 Å². The van der Waals surface area contributed by atoms with Crippen LogP contribution < -0.4 is 15.2 Å². The molecule has 8 heteroatoms. The lowest BCUT2D eigenvalue weighted by Crippen LogP contribution is -2.35. The van der Waals surface area contributed by atoms with E-state index in [1.54, 1.807) is 31.4 Å².